The van der Waals surface area contributed by atoms with E-state index in [9.17, 15) is 4.79 Å². The van der Waals surface area contributed by atoms with Gasteiger partial charge in [-0.05, 0) is 37.4 Å². The first-order valence-corrected chi connectivity index (χ1v) is 6.91. The van der Waals surface area contributed by atoms with Crippen LogP contribution in [0.15, 0.2) is 24.3 Å². The zero-order valence-corrected chi connectivity index (χ0v) is 11.4. The van der Waals surface area contributed by atoms with Crippen molar-refractivity contribution in [3.8, 4) is 5.75 Å². The monoisotopic (exact) mass is 262 g/mol. The smallest absolute Gasteiger partial charge is 0.224 e. The van der Waals surface area contributed by atoms with Gasteiger partial charge in [0, 0.05) is 13.1 Å². The van der Waals surface area contributed by atoms with Crippen molar-refractivity contribution >= 4 is 5.91 Å². The molecule has 1 aliphatic heterocycles. The lowest BCUT2D eigenvalue weighted by Gasteiger charge is -2.21. The highest BCUT2D eigenvalue weighted by Crippen LogP contribution is 2.17. The van der Waals surface area contributed by atoms with Gasteiger partial charge in [-0.2, -0.15) is 0 Å². The van der Waals surface area contributed by atoms with Crippen LogP contribution in [0, 0.1) is 5.92 Å². The minimum atomic E-state index is 0.131. The number of carbonyl (C=O) groups excluding carboxylic acids is 1. The topological polar surface area (TPSA) is 50.4 Å². The number of rotatable bonds is 5. The van der Waals surface area contributed by atoms with E-state index in [0.29, 0.717) is 6.54 Å². The van der Waals surface area contributed by atoms with E-state index in [1.165, 1.54) is 0 Å². The fourth-order valence-corrected chi connectivity index (χ4v) is 2.45. The van der Waals surface area contributed by atoms with E-state index in [4.69, 9.17) is 4.74 Å². The van der Waals surface area contributed by atoms with Crippen LogP contribution < -0.4 is 15.4 Å². The fourth-order valence-electron chi connectivity index (χ4n) is 2.45. The molecule has 0 aliphatic carbocycles. The number of piperidine rings is 1. The molecular weight excluding hydrogens is 240 g/mol. The molecule has 1 aromatic carbocycles. The number of benzene rings is 1. The van der Waals surface area contributed by atoms with Crippen molar-refractivity contribution < 1.29 is 9.53 Å². The number of hydrogen-bond donors (Lipinski definition) is 2. The second-order valence-corrected chi connectivity index (χ2v) is 4.90. The zero-order valence-electron chi connectivity index (χ0n) is 11.4. The standard InChI is InChI=1S/C15H22N2O2/c1-19-14-7-3-2-5-12(14)8-10-17-15(18)13-6-4-9-16-11-13/h2-3,5,7,13,16H,4,6,8-11H2,1H3,(H,17,18). The number of hydrogen-bond acceptors (Lipinski definition) is 3. The maximum Gasteiger partial charge on any atom is 0.224 e. The second-order valence-electron chi connectivity index (χ2n) is 4.90. The molecule has 0 spiro atoms. The van der Waals surface area contributed by atoms with Crippen LogP contribution in [-0.4, -0.2) is 32.7 Å². The number of nitrogens with one attached hydrogen (secondary N) is 2. The molecule has 0 saturated carbocycles. The van der Waals surface area contributed by atoms with Gasteiger partial charge in [0.25, 0.3) is 0 Å². The minimum absolute atomic E-state index is 0.131. The molecule has 19 heavy (non-hydrogen) atoms. The number of amides is 1. The molecule has 1 heterocycles. The Morgan fingerprint density at radius 2 is 2.32 bits per heavy atom. The van der Waals surface area contributed by atoms with Crippen molar-refractivity contribution in [2.24, 2.45) is 5.92 Å². The molecule has 1 aliphatic rings. The molecule has 4 heteroatoms. The van der Waals surface area contributed by atoms with E-state index in [0.717, 1.165) is 43.7 Å². The van der Waals surface area contributed by atoms with Gasteiger partial charge in [0.2, 0.25) is 5.91 Å². The molecule has 2 rings (SSSR count). The highest BCUT2D eigenvalue weighted by Gasteiger charge is 2.20. The van der Waals surface area contributed by atoms with Gasteiger partial charge in [-0.3, -0.25) is 4.79 Å². The molecule has 1 saturated heterocycles. The van der Waals surface area contributed by atoms with Crippen molar-refractivity contribution in [1.82, 2.24) is 10.6 Å². The molecule has 1 fully saturated rings. The van der Waals surface area contributed by atoms with E-state index in [-0.39, 0.29) is 11.8 Å². The second kappa shape index (κ2) is 7.14. The van der Waals surface area contributed by atoms with Crippen LogP contribution in [0.1, 0.15) is 18.4 Å². The van der Waals surface area contributed by atoms with Crippen LogP contribution in [0.3, 0.4) is 0 Å². The van der Waals surface area contributed by atoms with Crippen LogP contribution >= 0.6 is 0 Å². The summed E-state index contributed by atoms with van der Waals surface area (Å²) in [5.74, 6) is 1.18. The summed E-state index contributed by atoms with van der Waals surface area (Å²) in [4.78, 5) is 12.0. The van der Waals surface area contributed by atoms with Crippen LogP contribution in [0.25, 0.3) is 0 Å². The summed E-state index contributed by atoms with van der Waals surface area (Å²) in [6, 6.07) is 7.93. The molecule has 4 nitrogen and oxygen atoms in total. The van der Waals surface area contributed by atoms with E-state index in [1.807, 2.05) is 24.3 Å². The summed E-state index contributed by atoms with van der Waals surface area (Å²) in [5, 5.41) is 6.28. The summed E-state index contributed by atoms with van der Waals surface area (Å²) in [6.07, 6.45) is 2.88. The summed E-state index contributed by atoms with van der Waals surface area (Å²) < 4.78 is 5.30. The zero-order chi connectivity index (χ0) is 13.5. The molecule has 1 amide bonds. The Hall–Kier alpha value is -1.55. The molecular formula is C15H22N2O2. The van der Waals surface area contributed by atoms with E-state index >= 15 is 0 Å². The number of carbonyl (C=O) groups is 1. The average molecular weight is 262 g/mol. The first kappa shape index (κ1) is 13.9. The summed E-state index contributed by atoms with van der Waals surface area (Å²) in [7, 11) is 1.67. The van der Waals surface area contributed by atoms with Gasteiger partial charge in [0.05, 0.1) is 13.0 Å². The van der Waals surface area contributed by atoms with E-state index in [1.54, 1.807) is 7.11 Å². The van der Waals surface area contributed by atoms with E-state index < -0.39 is 0 Å². The summed E-state index contributed by atoms with van der Waals surface area (Å²) in [5.41, 5.74) is 1.13. The third-order valence-electron chi connectivity index (χ3n) is 3.55. The van der Waals surface area contributed by atoms with Gasteiger partial charge in [-0.15, -0.1) is 0 Å². The highest BCUT2D eigenvalue weighted by molar-refractivity contribution is 5.78. The lowest BCUT2D eigenvalue weighted by molar-refractivity contribution is -0.125. The third-order valence-corrected chi connectivity index (χ3v) is 3.55. The van der Waals surface area contributed by atoms with E-state index in [2.05, 4.69) is 10.6 Å². The molecule has 0 aromatic heterocycles. The molecule has 1 aromatic rings. The van der Waals surface area contributed by atoms with Crippen molar-refractivity contribution in [2.75, 3.05) is 26.7 Å². The Morgan fingerprint density at radius 1 is 1.47 bits per heavy atom. The normalized spacial score (nSPS) is 18.9. The Balaban J connectivity index is 1.78. The molecule has 0 bridgehead atoms. The Kier molecular flexibility index (Phi) is 5.21. The molecule has 2 N–H and O–H groups in total. The SMILES string of the molecule is COc1ccccc1CCNC(=O)C1CCCNC1. The van der Waals surface area contributed by atoms with Crippen LogP contribution in [0.2, 0.25) is 0 Å². The molecule has 1 atom stereocenters. The third kappa shape index (κ3) is 3.96. The number of ether oxygens (including phenoxy) is 1. The van der Waals surface area contributed by atoms with Gasteiger partial charge >= 0.3 is 0 Å². The van der Waals surface area contributed by atoms with Gasteiger partial charge < -0.3 is 15.4 Å². The largest absolute Gasteiger partial charge is 0.496 e. The fraction of sp³-hybridized carbons (Fsp3) is 0.533. The van der Waals surface area contributed by atoms with Crippen LogP contribution in [0.5, 0.6) is 5.75 Å². The molecule has 0 radical (unpaired) electrons. The minimum Gasteiger partial charge on any atom is -0.496 e. The highest BCUT2D eigenvalue weighted by atomic mass is 16.5. The van der Waals surface area contributed by atoms with Gasteiger partial charge in [-0.1, -0.05) is 18.2 Å². The van der Waals surface area contributed by atoms with Gasteiger partial charge in [0.15, 0.2) is 0 Å². The lowest BCUT2D eigenvalue weighted by atomic mass is 9.99. The maximum absolute atomic E-state index is 12.0. The summed E-state index contributed by atoms with van der Waals surface area (Å²) >= 11 is 0. The molecule has 1 unspecified atom stereocenters. The Labute approximate surface area is 114 Å². The van der Waals surface area contributed by atoms with Crippen molar-refractivity contribution in [1.29, 1.82) is 0 Å². The van der Waals surface area contributed by atoms with Gasteiger partial charge in [0.1, 0.15) is 5.75 Å². The van der Waals surface area contributed by atoms with Crippen LogP contribution in [0.4, 0.5) is 0 Å². The average Bonchev–Trinajstić information content (AvgIpc) is 2.48. The predicted molar refractivity (Wildman–Crippen MR) is 75.3 cm³/mol. The predicted octanol–water partition coefficient (Wildman–Crippen LogP) is 1.35. The number of methoxy groups -OCH3 is 1. The van der Waals surface area contributed by atoms with Crippen molar-refractivity contribution in [2.45, 2.75) is 19.3 Å². The van der Waals surface area contributed by atoms with Gasteiger partial charge in [-0.25, -0.2) is 0 Å². The number of para-hydroxylation sites is 1. The lowest BCUT2D eigenvalue weighted by Crippen LogP contribution is -2.41. The quantitative estimate of drug-likeness (QED) is 0.842. The van der Waals surface area contributed by atoms with Crippen molar-refractivity contribution in [3.63, 3.8) is 0 Å². The molecule has 104 valence electrons. The summed E-state index contributed by atoms with van der Waals surface area (Å²) in [6.45, 7) is 2.50. The van der Waals surface area contributed by atoms with Crippen LogP contribution in [-0.2, 0) is 11.2 Å². The Morgan fingerprint density at radius 3 is 3.05 bits per heavy atom. The first-order chi connectivity index (χ1) is 9.31. The first-order valence-electron chi connectivity index (χ1n) is 6.91. The van der Waals surface area contributed by atoms with Crippen molar-refractivity contribution in [3.05, 3.63) is 29.8 Å². The Bertz CT molecular complexity index is 414. The maximum atomic E-state index is 12.0.